The molecule has 45 valence electrons. The number of guanidine groups is 1. The fraction of sp³-hybridized carbons (Fsp3) is 0. The number of nitrogens with one attached hydrogen (secondary N) is 2. The smallest absolute Gasteiger partial charge is 0.0214 e. The van der Waals surface area contributed by atoms with Crippen molar-refractivity contribution in [2.45, 2.75) is 0 Å². The first kappa shape index (κ1) is 11.1. The Kier molecular flexibility index (Phi) is 9.96. The number of hydrogen-bond acceptors (Lipinski definition) is 2. The number of nitrogens with zero attached hydrogens (tertiary/aromatic N) is 1. The average molecular weight is 189 g/mol. The second kappa shape index (κ2) is 7.20. The van der Waals surface area contributed by atoms with Gasteiger partial charge in [-0.15, -0.1) is 0 Å². The molecule has 0 aliphatic rings. The maximum atomic E-state index is 4.87. The first-order valence-corrected chi connectivity index (χ1v) is 1.68. The summed E-state index contributed by atoms with van der Waals surface area (Å²) in [7, 11) is 6.44. The van der Waals surface area contributed by atoms with E-state index in [1.54, 1.807) is 0 Å². The third kappa shape index (κ3) is 4.37. The maximum Gasteiger partial charge on any atom is 0.0214 e. The minimum Gasteiger partial charge on any atom is -0.587 e. The Bertz CT molecular complexity index is 65.7. The monoisotopic (exact) mass is 189 g/mol. The van der Waals surface area contributed by atoms with Crippen molar-refractivity contribution in [3.05, 3.63) is 14.1 Å². The van der Waals surface area contributed by atoms with Crippen LogP contribution in [-0.2, 0) is 32.7 Å². The van der Waals surface area contributed by atoms with Crippen LogP contribution in [0.1, 0.15) is 0 Å². The van der Waals surface area contributed by atoms with E-state index in [0.717, 1.165) is 0 Å². The van der Waals surface area contributed by atoms with Gasteiger partial charge in [0.05, 0.1) is 0 Å². The molecule has 0 atom stereocenters. The Morgan fingerprint density at radius 1 is 1.62 bits per heavy atom. The van der Waals surface area contributed by atoms with Gasteiger partial charge in [0.1, 0.15) is 0 Å². The van der Waals surface area contributed by atoms with Gasteiger partial charge >= 0.3 is 0 Å². The molecule has 0 saturated carbocycles. The first-order chi connectivity index (χ1) is 3.35. The molecule has 4 N–H and O–H groups in total. The summed E-state index contributed by atoms with van der Waals surface area (Å²) in [6, 6.07) is 0. The molecule has 0 heterocycles. The molecular weight excluding hydrogens is 181 g/mol. The summed E-state index contributed by atoms with van der Waals surface area (Å²) in [6.07, 6.45) is 0. The van der Waals surface area contributed by atoms with Crippen LogP contribution in [0, 0.1) is 14.1 Å². The summed E-state index contributed by atoms with van der Waals surface area (Å²) in [5.74, 6) is 5.23. The van der Waals surface area contributed by atoms with E-state index in [-0.39, 0.29) is 32.7 Å². The molecule has 0 bridgehead atoms. The summed E-state index contributed by atoms with van der Waals surface area (Å²) in [5.41, 5.74) is 2.22. The Labute approximate surface area is 74.2 Å². The topological polar surface area (TPSA) is 62.4 Å². The largest absolute Gasteiger partial charge is 0.587 e. The van der Waals surface area contributed by atoms with E-state index in [2.05, 4.69) is 29.8 Å². The number of nitrogens with two attached hydrogens (primary N) is 1. The van der Waals surface area contributed by atoms with Gasteiger partial charge in [0, 0.05) is 38.7 Å². The second-order valence-corrected chi connectivity index (χ2v) is 0.828. The predicted octanol–water partition coefficient (Wildman–Crippen LogP) is -1.02. The summed E-state index contributed by atoms with van der Waals surface area (Å²) in [5, 5.41) is 2.40. The molecule has 0 rings (SSSR count). The summed E-state index contributed by atoms with van der Waals surface area (Å²) < 4.78 is 0. The summed E-state index contributed by atoms with van der Waals surface area (Å²) in [4.78, 5) is 3.38. The van der Waals surface area contributed by atoms with Crippen LogP contribution in [0.25, 0.3) is 0 Å². The van der Waals surface area contributed by atoms with E-state index in [1.807, 2.05) is 0 Å². The van der Waals surface area contributed by atoms with E-state index in [0.29, 0.717) is 5.96 Å². The van der Waals surface area contributed by atoms with Gasteiger partial charge in [0.15, 0.2) is 0 Å². The molecule has 4 nitrogen and oxygen atoms in total. The molecule has 0 fully saturated rings. The van der Waals surface area contributed by atoms with Crippen LogP contribution in [0.15, 0.2) is 4.99 Å². The molecule has 0 aliphatic carbocycles. The van der Waals surface area contributed by atoms with Gasteiger partial charge in [-0.05, 0) is 0 Å². The van der Waals surface area contributed by atoms with Crippen molar-refractivity contribution >= 4 is 5.96 Å². The van der Waals surface area contributed by atoms with Crippen molar-refractivity contribution in [1.29, 1.82) is 0 Å². The van der Waals surface area contributed by atoms with Crippen molar-refractivity contribution in [3.63, 3.8) is 0 Å². The molecule has 0 aromatic carbocycles. The Morgan fingerprint density at radius 3 is 2.12 bits per heavy atom. The summed E-state index contributed by atoms with van der Waals surface area (Å²) in [6.45, 7) is 0. The van der Waals surface area contributed by atoms with E-state index in [1.165, 1.54) is 0 Å². The average Bonchev–Trinajstić information content (AvgIpc) is 1.72. The SMILES string of the molecule is [CH2-]N=C(N[CH2-])NN.[Y]. The van der Waals surface area contributed by atoms with Gasteiger partial charge in [0.2, 0.25) is 0 Å². The van der Waals surface area contributed by atoms with Gasteiger partial charge < -0.3 is 15.7 Å². The molecule has 0 amide bonds. The zero-order chi connectivity index (χ0) is 5.70. The van der Waals surface area contributed by atoms with Crippen LogP contribution in [-0.4, -0.2) is 5.96 Å². The quantitative estimate of drug-likeness (QED) is 0.150. The molecule has 5 heteroatoms. The molecule has 1 radical (unpaired) electrons. The van der Waals surface area contributed by atoms with Crippen LogP contribution in [0.4, 0.5) is 0 Å². The third-order valence-electron chi connectivity index (χ3n) is 0.462. The standard InChI is InChI=1S/C3H8N4.Y/c1-5-3(6-2)7-4;/h1-2,4H2,(H2,5,6,7);/q-2;. The second-order valence-electron chi connectivity index (χ2n) is 0.828. The normalized spacial score (nSPS) is 9.50. The third-order valence-corrected chi connectivity index (χ3v) is 0.462. The number of rotatable bonds is 0. The van der Waals surface area contributed by atoms with Gasteiger partial charge in [-0.1, -0.05) is 0 Å². The molecule has 0 aliphatic heterocycles. The van der Waals surface area contributed by atoms with Crippen LogP contribution in [0.5, 0.6) is 0 Å². The van der Waals surface area contributed by atoms with Crippen molar-refractivity contribution in [3.8, 4) is 0 Å². The zero-order valence-electron chi connectivity index (χ0n) is 4.52. The molecule has 0 unspecified atom stereocenters. The number of hydrazine groups is 1. The molecule has 0 aromatic heterocycles. The Morgan fingerprint density at radius 2 is 2.12 bits per heavy atom. The first-order valence-electron chi connectivity index (χ1n) is 1.68. The van der Waals surface area contributed by atoms with Gasteiger partial charge in [-0.25, -0.2) is 0 Å². The Balaban J connectivity index is 0. The minimum atomic E-state index is 0. The van der Waals surface area contributed by atoms with Crippen LogP contribution < -0.4 is 16.6 Å². The van der Waals surface area contributed by atoms with E-state index < -0.39 is 0 Å². The van der Waals surface area contributed by atoms with Crippen LogP contribution in [0.2, 0.25) is 0 Å². The van der Waals surface area contributed by atoms with Gasteiger partial charge in [-0.3, -0.25) is 12.9 Å². The van der Waals surface area contributed by atoms with E-state index in [9.17, 15) is 0 Å². The number of hydrogen-bond donors (Lipinski definition) is 3. The van der Waals surface area contributed by atoms with Crippen LogP contribution in [0.3, 0.4) is 0 Å². The molecule has 0 spiro atoms. The van der Waals surface area contributed by atoms with Crippen LogP contribution >= 0.6 is 0 Å². The molecule has 8 heavy (non-hydrogen) atoms. The van der Waals surface area contributed by atoms with Gasteiger partial charge in [0.25, 0.3) is 0 Å². The van der Waals surface area contributed by atoms with Crippen molar-refractivity contribution in [2.75, 3.05) is 0 Å². The predicted molar refractivity (Wildman–Crippen MR) is 28.6 cm³/mol. The van der Waals surface area contributed by atoms with E-state index in [4.69, 9.17) is 5.84 Å². The molecular formula is C3H8N4Y-2. The molecule has 0 saturated heterocycles. The van der Waals surface area contributed by atoms with Gasteiger partial charge in [-0.2, -0.15) is 7.05 Å². The fourth-order valence-electron chi connectivity index (χ4n) is 0.153. The van der Waals surface area contributed by atoms with E-state index >= 15 is 0 Å². The van der Waals surface area contributed by atoms with Crippen molar-refractivity contribution in [2.24, 2.45) is 10.8 Å². The van der Waals surface area contributed by atoms with Crippen molar-refractivity contribution in [1.82, 2.24) is 10.7 Å². The maximum absolute atomic E-state index is 4.87. The minimum absolute atomic E-state index is 0. The van der Waals surface area contributed by atoms with Crippen molar-refractivity contribution < 1.29 is 32.7 Å². The Hall–Kier alpha value is 0.204. The zero-order valence-corrected chi connectivity index (χ0v) is 7.35. The summed E-state index contributed by atoms with van der Waals surface area (Å²) >= 11 is 0. The molecule has 0 aromatic rings. The number of aliphatic imine (C=N–C) groups is 1. The fourth-order valence-corrected chi connectivity index (χ4v) is 0.153.